The highest BCUT2D eigenvalue weighted by atomic mass is 32.2. The lowest BCUT2D eigenvalue weighted by molar-refractivity contribution is 0.566. The summed E-state index contributed by atoms with van der Waals surface area (Å²) in [5, 5.41) is 10.5. The van der Waals surface area contributed by atoms with Crippen molar-refractivity contribution in [1.82, 2.24) is 20.5 Å². The van der Waals surface area contributed by atoms with Crippen LogP contribution >= 0.6 is 11.8 Å². The van der Waals surface area contributed by atoms with E-state index in [9.17, 15) is 0 Å². The molecular formula is C8H15N5S. The number of rotatable bonds is 2. The van der Waals surface area contributed by atoms with Gasteiger partial charge in [-0.05, 0) is 0 Å². The maximum atomic E-state index is 4.42. The SMILES string of the molecule is CN(C)c1n[nH]c(C2CSCCN2)n1. The Morgan fingerprint density at radius 2 is 2.36 bits per heavy atom. The summed E-state index contributed by atoms with van der Waals surface area (Å²) in [4.78, 5) is 6.32. The molecule has 5 nitrogen and oxygen atoms in total. The molecule has 0 bridgehead atoms. The summed E-state index contributed by atoms with van der Waals surface area (Å²) >= 11 is 1.95. The molecule has 1 atom stereocenters. The topological polar surface area (TPSA) is 56.8 Å². The Morgan fingerprint density at radius 3 is 2.93 bits per heavy atom. The summed E-state index contributed by atoms with van der Waals surface area (Å²) < 4.78 is 0. The number of hydrogen-bond acceptors (Lipinski definition) is 5. The van der Waals surface area contributed by atoms with Crippen LogP contribution in [0.25, 0.3) is 0 Å². The number of H-pyrrole nitrogens is 1. The first-order chi connectivity index (χ1) is 6.77. The first-order valence-electron chi connectivity index (χ1n) is 4.68. The fraction of sp³-hybridized carbons (Fsp3) is 0.750. The van der Waals surface area contributed by atoms with Crippen LogP contribution in [0.3, 0.4) is 0 Å². The molecule has 1 aromatic rings. The minimum absolute atomic E-state index is 0.329. The minimum atomic E-state index is 0.329. The van der Waals surface area contributed by atoms with Gasteiger partial charge < -0.3 is 10.2 Å². The van der Waals surface area contributed by atoms with Crippen LogP contribution in [-0.2, 0) is 0 Å². The van der Waals surface area contributed by atoms with E-state index in [1.54, 1.807) is 0 Å². The summed E-state index contributed by atoms with van der Waals surface area (Å²) in [5.74, 6) is 3.95. The molecule has 14 heavy (non-hydrogen) atoms. The molecule has 78 valence electrons. The zero-order valence-electron chi connectivity index (χ0n) is 8.45. The van der Waals surface area contributed by atoms with Crippen LogP contribution in [0.1, 0.15) is 11.9 Å². The van der Waals surface area contributed by atoms with Crippen molar-refractivity contribution in [2.24, 2.45) is 0 Å². The molecule has 2 heterocycles. The van der Waals surface area contributed by atoms with E-state index < -0.39 is 0 Å². The Balaban J connectivity index is 2.07. The predicted molar refractivity (Wildman–Crippen MR) is 58.8 cm³/mol. The molecule has 0 amide bonds. The van der Waals surface area contributed by atoms with E-state index in [1.165, 1.54) is 5.75 Å². The Hall–Kier alpha value is -0.750. The minimum Gasteiger partial charge on any atom is -0.346 e. The molecule has 2 rings (SSSR count). The van der Waals surface area contributed by atoms with Gasteiger partial charge in [-0.25, -0.2) is 0 Å². The van der Waals surface area contributed by atoms with Crippen molar-refractivity contribution in [3.8, 4) is 0 Å². The molecule has 1 fully saturated rings. The third-order valence-corrected chi connectivity index (χ3v) is 3.20. The normalized spacial score (nSPS) is 22.3. The third kappa shape index (κ3) is 2.01. The van der Waals surface area contributed by atoms with Gasteiger partial charge in [-0.15, -0.1) is 5.10 Å². The molecule has 1 aliphatic rings. The number of hydrogen-bond donors (Lipinski definition) is 2. The van der Waals surface area contributed by atoms with E-state index in [1.807, 2.05) is 30.8 Å². The van der Waals surface area contributed by atoms with Crippen molar-refractivity contribution in [3.05, 3.63) is 5.82 Å². The second-order valence-electron chi connectivity index (χ2n) is 3.50. The van der Waals surface area contributed by atoms with Gasteiger partial charge in [-0.3, -0.25) is 5.10 Å². The number of nitrogens with one attached hydrogen (secondary N) is 2. The zero-order chi connectivity index (χ0) is 9.97. The summed E-state index contributed by atoms with van der Waals surface area (Å²) in [6.45, 7) is 1.05. The molecule has 0 radical (unpaired) electrons. The highest BCUT2D eigenvalue weighted by Crippen LogP contribution is 2.19. The maximum Gasteiger partial charge on any atom is 0.244 e. The number of anilines is 1. The monoisotopic (exact) mass is 213 g/mol. The van der Waals surface area contributed by atoms with Gasteiger partial charge in [-0.1, -0.05) is 0 Å². The summed E-state index contributed by atoms with van der Waals surface area (Å²) in [5.41, 5.74) is 0. The molecule has 1 saturated heterocycles. The van der Waals surface area contributed by atoms with Gasteiger partial charge in [0.15, 0.2) is 0 Å². The number of aromatic amines is 1. The van der Waals surface area contributed by atoms with Crippen LogP contribution in [0, 0.1) is 0 Å². The van der Waals surface area contributed by atoms with Crippen LogP contribution < -0.4 is 10.2 Å². The second kappa shape index (κ2) is 4.18. The maximum absolute atomic E-state index is 4.42. The first-order valence-corrected chi connectivity index (χ1v) is 5.83. The zero-order valence-corrected chi connectivity index (χ0v) is 9.27. The Bertz CT molecular complexity index is 292. The van der Waals surface area contributed by atoms with Crippen LogP contribution in [0.5, 0.6) is 0 Å². The Kier molecular flexibility index (Phi) is 2.93. The smallest absolute Gasteiger partial charge is 0.244 e. The summed E-state index contributed by atoms with van der Waals surface area (Å²) in [7, 11) is 3.88. The van der Waals surface area contributed by atoms with Gasteiger partial charge >= 0.3 is 0 Å². The van der Waals surface area contributed by atoms with Crippen LogP contribution in [0.4, 0.5) is 5.95 Å². The van der Waals surface area contributed by atoms with Crippen molar-refractivity contribution in [2.45, 2.75) is 6.04 Å². The molecule has 0 aromatic carbocycles. The van der Waals surface area contributed by atoms with E-state index >= 15 is 0 Å². The molecule has 0 aliphatic carbocycles. The fourth-order valence-corrected chi connectivity index (χ4v) is 2.30. The number of nitrogens with zero attached hydrogens (tertiary/aromatic N) is 3. The standard InChI is InChI=1S/C8H15N5S/c1-13(2)8-10-7(11-12-8)6-5-14-4-3-9-6/h6,9H,3-5H2,1-2H3,(H,10,11,12). The van der Waals surface area contributed by atoms with Crippen LogP contribution in [0.2, 0.25) is 0 Å². The molecular weight excluding hydrogens is 198 g/mol. The van der Waals surface area contributed by atoms with E-state index in [0.29, 0.717) is 6.04 Å². The van der Waals surface area contributed by atoms with Crippen molar-refractivity contribution in [1.29, 1.82) is 0 Å². The van der Waals surface area contributed by atoms with Gasteiger partial charge in [-0.2, -0.15) is 16.7 Å². The van der Waals surface area contributed by atoms with Gasteiger partial charge in [0.1, 0.15) is 5.82 Å². The number of aromatic nitrogens is 3. The number of thioether (sulfide) groups is 1. The average molecular weight is 213 g/mol. The third-order valence-electron chi connectivity index (χ3n) is 2.14. The second-order valence-corrected chi connectivity index (χ2v) is 4.65. The van der Waals surface area contributed by atoms with Crippen LogP contribution in [0.15, 0.2) is 0 Å². The average Bonchev–Trinajstić information content (AvgIpc) is 2.68. The first kappa shape index (κ1) is 9.79. The Morgan fingerprint density at radius 1 is 1.50 bits per heavy atom. The van der Waals surface area contributed by atoms with Gasteiger partial charge in [0, 0.05) is 32.1 Å². The predicted octanol–water partition coefficient (Wildman–Crippen LogP) is 0.248. The summed E-state index contributed by atoms with van der Waals surface area (Å²) in [6.07, 6.45) is 0. The van der Waals surface area contributed by atoms with Gasteiger partial charge in [0.2, 0.25) is 5.95 Å². The quantitative estimate of drug-likeness (QED) is 0.737. The molecule has 2 N–H and O–H groups in total. The van der Waals surface area contributed by atoms with E-state index in [2.05, 4.69) is 20.5 Å². The Labute approximate surface area is 87.7 Å². The van der Waals surface area contributed by atoms with Gasteiger partial charge in [0.25, 0.3) is 0 Å². The lowest BCUT2D eigenvalue weighted by Gasteiger charge is -2.20. The van der Waals surface area contributed by atoms with Gasteiger partial charge in [0.05, 0.1) is 6.04 Å². The lowest BCUT2D eigenvalue weighted by Crippen LogP contribution is -2.31. The van der Waals surface area contributed by atoms with Crippen molar-refractivity contribution < 1.29 is 0 Å². The molecule has 0 saturated carbocycles. The van der Waals surface area contributed by atoms with Crippen molar-refractivity contribution >= 4 is 17.7 Å². The highest BCUT2D eigenvalue weighted by molar-refractivity contribution is 7.99. The molecule has 1 unspecified atom stereocenters. The van der Waals surface area contributed by atoms with E-state index in [0.717, 1.165) is 24.1 Å². The van der Waals surface area contributed by atoms with E-state index in [-0.39, 0.29) is 0 Å². The summed E-state index contributed by atoms with van der Waals surface area (Å²) in [6, 6.07) is 0.329. The molecule has 6 heteroatoms. The largest absolute Gasteiger partial charge is 0.346 e. The highest BCUT2D eigenvalue weighted by Gasteiger charge is 2.18. The fourth-order valence-electron chi connectivity index (χ4n) is 1.36. The van der Waals surface area contributed by atoms with E-state index in [4.69, 9.17) is 0 Å². The van der Waals surface area contributed by atoms with Crippen LogP contribution in [-0.4, -0.2) is 47.3 Å². The lowest BCUT2D eigenvalue weighted by atomic mass is 10.3. The van der Waals surface area contributed by atoms with Crippen molar-refractivity contribution in [3.63, 3.8) is 0 Å². The molecule has 1 aromatic heterocycles. The molecule has 1 aliphatic heterocycles. The van der Waals surface area contributed by atoms with Crippen molar-refractivity contribution in [2.75, 3.05) is 37.0 Å². The molecule has 0 spiro atoms.